The third kappa shape index (κ3) is 3.05. The number of rotatable bonds is 3. The van der Waals surface area contributed by atoms with Crippen molar-refractivity contribution in [2.24, 2.45) is 0 Å². The molecular weight excluding hydrogens is 236 g/mol. The van der Waals surface area contributed by atoms with Crippen LogP contribution in [0, 0.1) is 0 Å². The van der Waals surface area contributed by atoms with Crippen LogP contribution in [0.2, 0.25) is 0 Å². The van der Waals surface area contributed by atoms with Gasteiger partial charge in [-0.25, -0.2) is 0 Å². The summed E-state index contributed by atoms with van der Waals surface area (Å²) in [4.78, 5) is 0.267. The molecule has 0 fully saturated rings. The van der Waals surface area contributed by atoms with Gasteiger partial charge in [-0.2, -0.15) is 0 Å². The molecule has 2 rings (SSSR count). The van der Waals surface area contributed by atoms with Crippen LogP contribution in [0.15, 0.2) is 53.4 Å². The Kier molecular flexibility index (Phi) is 3.41. The first kappa shape index (κ1) is 11.6. The molecule has 0 saturated heterocycles. The van der Waals surface area contributed by atoms with E-state index in [2.05, 4.69) is 5.32 Å². The lowest BCUT2D eigenvalue weighted by molar-refractivity contribution is 0.537. The molecule has 0 amide bonds. The molecule has 0 bridgehead atoms. The number of hydrogen-bond acceptors (Lipinski definition) is 4. The second kappa shape index (κ2) is 4.99. The van der Waals surface area contributed by atoms with Gasteiger partial charge in [0.25, 0.3) is 0 Å². The molecular formula is C12H11N2O2S-. The van der Waals surface area contributed by atoms with Crippen molar-refractivity contribution >= 4 is 28.1 Å². The normalized spacial score (nSPS) is 12.1. The van der Waals surface area contributed by atoms with E-state index in [4.69, 9.17) is 5.73 Å². The van der Waals surface area contributed by atoms with Crippen LogP contribution in [0.5, 0.6) is 0 Å². The SMILES string of the molecule is Nc1cccc(Nc2ccc(S(=O)[O-])cc2)c1. The standard InChI is InChI=1S/C12H12N2O2S/c13-9-2-1-3-11(8-9)14-10-4-6-12(7-5-10)17(15)16/h1-8,14H,13H2,(H,15,16)/p-1. The monoisotopic (exact) mass is 247 g/mol. The number of nitrogens with one attached hydrogen (secondary N) is 1. The topological polar surface area (TPSA) is 78.2 Å². The predicted octanol–water partition coefficient (Wildman–Crippen LogP) is 2.25. The zero-order valence-electron chi connectivity index (χ0n) is 8.92. The van der Waals surface area contributed by atoms with Crippen LogP contribution < -0.4 is 11.1 Å². The van der Waals surface area contributed by atoms with E-state index in [1.165, 1.54) is 12.1 Å². The summed E-state index contributed by atoms with van der Waals surface area (Å²) >= 11 is -2.19. The molecule has 17 heavy (non-hydrogen) atoms. The molecule has 5 heteroatoms. The second-order valence-electron chi connectivity index (χ2n) is 3.51. The Morgan fingerprint density at radius 1 is 1.06 bits per heavy atom. The molecule has 0 saturated carbocycles. The molecule has 0 radical (unpaired) electrons. The van der Waals surface area contributed by atoms with Gasteiger partial charge in [0.05, 0.1) is 0 Å². The summed E-state index contributed by atoms with van der Waals surface area (Å²) in [5.41, 5.74) is 8.00. The summed E-state index contributed by atoms with van der Waals surface area (Å²) < 4.78 is 21.4. The molecule has 0 aromatic heterocycles. The lowest BCUT2D eigenvalue weighted by Crippen LogP contribution is -1.93. The van der Waals surface area contributed by atoms with Crippen molar-refractivity contribution in [1.29, 1.82) is 0 Å². The van der Waals surface area contributed by atoms with Crippen molar-refractivity contribution in [3.63, 3.8) is 0 Å². The molecule has 0 aliphatic carbocycles. The van der Waals surface area contributed by atoms with E-state index in [9.17, 15) is 8.76 Å². The Labute approximate surface area is 102 Å². The van der Waals surface area contributed by atoms with Crippen LogP contribution in [0.4, 0.5) is 17.1 Å². The quantitative estimate of drug-likeness (QED) is 0.644. The van der Waals surface area contributed by atoms with Crippen LogP contribution in [-0.4, -0.2) is 8.76 Å². The largest absolute Gasteiger partial charge is 0.768 e. The Morgan fingerprint density at radius 2 is 1.76 bits per heavy atom. The molecule has 0 spiro atoms. The van der Waals surface area contributed by atoms with E-state index in [-0.39, 0.29) is 4.90 Å². The van der Waals surface area contributed by atoms with Crippen molar-refractivity contribution < 1.29 is 8.76 Å². The Hall–Kier alpha value is -1.85. The highest BCUT2D eigenvalue weighted by Crippen LogP contribution is 2.19. The van der Waals surface area contributed by atoms with Gasteiger partial charge in [-0.15, -0.1) is 0 Å². The van der Waals surface area contributed by atoms with E-state index in [0.29, 0.717) is 5.69 Å². The highest BCUT2D eigenvalue weighted by atomic mass is 32.2. The number of benzene rings is 2. The van der Waals surface area contributed by atoms with Crippen LogP contribution in [0.25, 0.3) is 0 Å². The highest BCUT2D eigenvalue weighted by Gasteiger charge is 1.96. The molecule has 0 heterocycles. The van der Waals surface area contributed by atoms with Crippen molar-refractivity contribution in [1.82, 2.24) is 0 Å². The van der Waals surface area contributed by atoms with E-state index < -0.39 is 11.1 Å². The number of anilines is 3. The maximum absolute atomic E-state index is 10.7. The van der Waals surface area contributed by atoms with Crippen molar-refractivity contribution in [2.75, 3.05) is 11.1 Å². The maximum atomic E-state index is 10.7. The predicted molar refractivity (Wildman–Crippen MR) is 67.8 cm³/mol. The van der Waals surface area contributed by atoms with Crippen LogP contribution in [-0.2, 0) is 11.1 Å². The van der Waals surface area contributed by atoms with Crippen LogP contribution in [0.3, 0.4) is 0 Å². The van der Waals surface area contributed by atoms with E-state index in [1.807, 2.05) is 12.1 Å². The summed E-state index contributed by atoms with van der Waals surface area (Å²) in [6.07, 6.45) is 0. The van der Waals surface area contributed by atoms with Gasteiger partial charge in [0.2, 0.25) is 0 Å². The molecule has 1 atom stereocenters. The molecule has 2 aromatic carbocycles. The molecule has 3 N–H and O–H groups in total. The van der Waals surface area contributed by atoms with E-state index >= 15 is 0 Å². The minimum atomic E-state index is -2.19. The first-order valence-corrected chi connectivity index (χ1v) is 6.04. The molecule has 4 nitrogen and oxygen atoms in total. The first-order chi connectivity index (χ1) is 8.15. The number of nitrogens with two attached hydrogens (primary N) is 1. The summed E-state index contributed by atoms with van der Waals surface area (Å²) in [7, 11) is 0. The minimum absolute atomic E-state index is 0.267. The van der Waals surface area contributed by atoms with Gasteiger partial charge in [0, 0.05) is 22.0 Å². The van der Waals surface area contributed by atoms with Gasteiger partial charge in [-0.05, 0) is 53.5 Å². The zero-order chi connectivity index (χ0) is 12.3. The first-order valence-electron chi connectivity index (χ1n) is 4.97. The second-order valence-corrected chi connectivity index (χ2v) is 4.45. The fraction of sp³-hybridized carbons (Fsp3) is 0. The molecule has 2 aromatic rings. The molecule has 0 aliphatic rings. The molecule has 1 unspecified atom stereocenters. The Bertz CT molecular complexity index is 540. The summed E-state index contributed by atoms with van der Waals surface area (Å²) in [6, 6.07) is 13.8. The number of hydrogen-bond donors (Lipinski definition) is 2. The molecule has 88 valence electrons. The average Bonchev–Trinajstić information content (AvgIpc) is 2.29. The van der Waals surface area contributed by atoms with E-state index in [0.717, 1.165) is 11.4 Å². The summed E-state index contributed by atoms with van der Waals surface area (Å²) in [6.45, 7) is 0. The van der Waals surface area contributed by atoms with Gasteiger partial charge in [0.1, 0.15) is 0 Å². The lowest BCUT2D eigenvalue weighted by atomic mass is 10.2. The highest BCUT2D eigenvalue weighted by molar-refractivity contribution is 7.79. The van der Waals surface area contributed by atoms with Gasteiger partial charge in [-0.3, -0.25) is 4.21 Å². The summed E-state index contributed by atoms with van der Waals surface area (Å²) in [5.74, 6) is 0. The van der Waals surface area contributed by atoms with Crippen molar-refractivity contribution in [3.8, 4) is 0 Å². The average molecular weight is 247 g/mol. The Morgan fingerprint density at radius 3 is 2.35 bits per heavy atom. The van der Waals surface area contributed by atoms with Gasteiger partial charge < -0.3 is 15.6 Å². The Balaban J connectivity index is 2.16. The van der Waals surface area contributed by atoms with E-state index in [1.54, 1.807) is 24.3 Å². The van der Waals surface area contributed by atoms with Crippen LogP contribution in [0.1, 0.15) is 0 Å². The third-order valence-electron chi connectivity index (χ3n) is 2.22. The van der Waals surface area contributed by atoms with Gasteiger partial charge in [0.15, 0.2) is 0 Å². The minimum Gasteiger partial charge on any atom is -0.768 e. The van der Waals surface area contributed by atoms with Crippen LogP contribution >= 0.6 is 0 Å². The van der Waals surface area contributed by atoms with Crippen molar-refractivity contribution in [2.45, 2.75) is 4.90 Å². The van der Waals surface area contributed by atoms with Gasteiger partial charge in [-0.1, -0.05) is 6.07 Å². The van der Waals surface area contributed by atoms with Gasteiger partial charge >= 0.3 is 0 Å². The third-order valence-corrected chi connectivity index (χ3v) is 2.88. The molecule has 0 aliphatic heterocycles. The lowest BCUT2D eigenvalue weighted by Gasteiger charge is -2.09. The smallest absolute Gasteiger partial charge is 0.0404 e. The fourth-order valence-electron chi connectivity index (χ4n) is 1.43. The van der Waals surface area contributed by atoms with Crippen molar-refractivity contribution in [3.05, 3.63) is 48.5 Å². The summed E-state index contributed by atoms with van der Waals surface area (Å²) in [5, 5.41) is 3.13. The maximum Gasteiger partial charge on any atom is 0.0404 e. The number of nitrogen functional groups attached to an aromatic ring is 1. The fourth-order valence-corrected chi connectivity index (χ4v) is 1.79. The zero-order valence-corrected chi connectivity index (χ0v) is 9.74.